The molecule has 2 atom stereocenters. The molecule has 0 aromatic heterocycles. The van der Waals surface area contributed by atoms with Gasteiger partial charge in [-0.1, -0.05) is 30.3 Å². The van der Waals surface area contributed by atoms with E-state index < -0.39 is 12.0 Å². The number of rotatable bonds is 5. The number of benzene rings is 1. The summed E-state index contributed by atoms with van der Waals surface area (Å²) in [5.41, 5.74) is 0.849. The summed E-state index contributed by atoms with van der Waals surface area (Å²) in [5.74, 6) is -1.82. The molecule has 1 aromatic rings. The maximum absolute atomic E-state index is 12.1. The van der Waals surface area contributed by atoms with Crippen LogP contribution in [0.4, 0.5) is 0 Å². The monoisotopic (exact) mass is 290 g/mol. The molecule has 0 spiro atoms. The molecule has 0 aliphatic carbocycles. The Bertz CT molecular complexity index is 520. The van der Waals surface area contributed by atoms with E-state index in [1.54, 1.807) is 0 Å². The van der Waals surface area contributed by atoms with Crippen molar-refractivity contribution in [2.45, 2.75) is 25.3 Å². The molecule has 0 saturated carbocycles. The number of carboxylic acid groups (broad SMARTS) is 1. The summed E-state index contributed by atoms with van der Waals surface area (Å²) < 4.78 is 0. The van der Waals surface area contributed by atoms with Crippen LogP contribution < -0.4 is 10.6 Å². The zero-order valence-electron chi connectivity index (χ0n) is 11.5. The summed E-state index contributed by atoms with van der Waals surface area (Å²) in [6, 6.07) is 8.19. The fraction of sp³-hybridized carbons (Fsp3) is 0.400. The fourth-order valence-corrected chi connectivity index (χ4v) is 2.30. The van der Waals surface area contributed by atoms with Gasteiger partial charge < -0.3 is 15.7 Å². The van der Waals surface area contributed by atoms with E-state index in [0.717, 1.165) is 5.56 Å². The van der Waals surface area contributed by atoms with Crippen LogP contribution in [0.25, 0.3) is 0 Å². The molecule has 2 amide bonds. The molecule has 1 aromatic carbocycles. The molecule has 2 rings (SSSR count). The van der Waals surface area contributed by atoms with Gasteiger partial charge in [0.05, 0.1) is 5.92 Å². The molecule has 3 N–H and O–H groups in total. The normalized spacial score (nSPS) is 19.4. The summed E-state index contributed by atoms with van der Waals surface area (Å²) in [5, 5.41) is 14.4. The van der Waals surface area contributed by atoms with Gasteiger partial charge >= 0.3 is 5.97 Å². The molecule has 1 unspecified atom stereocenters. The zero-order valence-corrected chi connectivity index (χ0v) is 11.5. The zero-order chi connectivity index (χ0) is 15.2. The van der Waals surface area contributed by atoms with E-state index in [0.29, 0.717) is 12.8 Å². The summed E-state index contributed by atoms with van der Waals surface area (Å²) in [6.07, 6.45) is 0.991. The van der Waals surface area contributed by atoms with Crippen LogP contribution in [-0.2, 0) is 20.8 Å². The average molecular weight is 290 g/mol. The van der Waals surface area contributed by atoms with Crippen molar-refractivity contribution in [3.05, 3.63) is 35.9 Å². The van der Waals surface area contributed by atoms with Crippen molar-refractivity contribution in [1.29, 1.82) is 0 Å². The number of carbonyl (C=O) groups is 3. The van der Waals surface area contributed by atoms with E-state index in [1.165, 1.54) is 0 Å². The van der Waals surface area contributed by atoms with Gasteiger partial charge in [0, 0.05) is 19.4 Å². The fourth-order valence-electron chi connectivity index (χ4n) is 2.30. The van der Waals surface area contributed by atoms with Gasteiger partial charge in [-0.15, -0.1) is 0 Å². The van der Waals surface area contributed by atoms with Gasteiger partial charge in [0.1, 0.15) is 6.04 Å². The van der Waals surface area contributed by atoms with Gasteiger partial charge in [-0.05, 0) is 12.0 Å². The van der Waals surface area contributed by atoms with Crippen LogP contribution in [0, 0.1) is 5.92 Å². The molecule has 1 saturated heterocycles. The lowest BCUT2D eigenvalue weighted by atomic mass is 9.97. The Morgan fingerprint density at radius 1 is 1.33 bits per heavy atom. The standard InChI is InChI=1S/C15H18N2O4/c18-13-7-6-11(9-16-13)14(19)17-12(15(20)21)8-10-4-2-1-3-5-10/h1-5,11-12H,6-9H2,(H,16,18)(H,17,19)(H,20,21)/t11?,12-/m1/s1. The third-order valence-electron chi connectivity index (χ3n) is 3.53. The number of nitrogens with one attached hydrogen (secondary N) is 2. The average Bonchev–Trinajstić information content (AvgIpc) is 2.48. The first-order chi connectivity index (χ1) is 10.1. The van der Waals surface area contributed by atoms with E-state index in [9.17, 15) is 19.5 Å². The van der Waals surface area contributed by atoms with Gasteiger partial charge in [0.25, 0.3) is 0 Å². The number of hydrogen-bond donors (Lipinski definition) is 3. The second kappa shape index (κ2) is 6.88. The third kappa shape index (κ3) is 4.30. The summed E-state index contributed by atoms with van der Waals surface area (Å²) in [7, 11) is 0. The molecule has 0 bridgehead atoms. The first-order valence-corrected chi connectivity index (χ1v) is 6.90. The molecule has 1 aliphatic heterocycles. The lowest BCUT2D eigenvalue weighted by Gasteiger charge is -2.23. The first kappa shape index (κ1) is 15.0. The molecule has 1 aliphatic rings. The van der Waals surface area contributed by atoms with Crippen molar-refractivity contribution in [2.24, 2.45) is 5.92 Å². The Hall–Kier alpha value is -2.37. The van der Waals surface area contributed by atoms with Crippen molar-refractivity contribution in [2.75, 3.05) is 6.54 Å². The van der Waals surface area contributed by atoms with Gasteiger partial charge in [-0.2, -0.15) is 0 Å². The highest BCUT2D eigenvalue weighted by atomic mass is 16.4. The summed E-state index contributed by atoms with van der Waals surface area (Å²) in [6.45, 7) is 0.266. The van der Waals surface area contributed by atoms with E-state index >= 15 is 0 Å². The van der Waals surface area contributed by atoms with Crippen LogP contribution in [0.15, 0.2) is 30.3 Å². The highest BCUT2D eigenvalue weighted by Crippen LogP contribution is 2.12. The second-order valence-corrected chi connectivity index (χ2v) is 5.13. The van der Waals surface area contributed by atoms with Crippen LogP contribution in [0.3, 0.4) is 0 Å². The van der Waals surface area contributed by atoms with Crippen molar-refractivity contribution in [1.82, 2.24) is 10.6 Å². The van der Waals surface area contributed by atoms with Gasteiger partial charge in [-0.3, -0.25) is 9.59 Å². The largest absolute Gasteiger partial charge is 0.480 e. The Morgan fingerprint density at radius 3 is 2.62 bits per heavy atom. The Kier molecular flexibility index (Phi) is 4.92. The van der Waals surface area contributed by atoms with Gasteiger partial charge in [-0.25, -0.2) is 4.79 Å². The first-order valence-electron chi connectivity index (χ1n) is 6.90. The molecule has 112 valence electrons. The van der Waals surface area contributed by atoms with E-state index in [1.807, 2.05) is 30.3 Å². The summed E-state index contributed by atoms with van der Waals surface area (Å²) in [4.78, 5) is 34.4. The number of carboxylic acids is 1. The van der Waals surface area contributed by atoms with E-state index in [4.69, 9.17) is 0 Å². The van der Waals surface area contributed by atoms with Crippen LogP contribution in [0.2, 0.25) is 0 Å². The lowest BCUT2D eigenvalue weighted by molar-refractivity contribution is -0.143. The predicted molar refractivity (Wildman–Crippen MR) is 75.4 cm³/mol. The number of hydrogen-bond acceptors (Lipinski definition) is 3. The van der Waals surface area contributed by atoms with E-state index in [-0.39, 0.29) is 30.7 Å². The van der Waals surface area contributed by atoms with Crippen molar-refractivity contribution < 1.29 is 19.5 Å². The van der Waals surface area contributed by atoms with Crippen molar-refractivity contribution in [3.63, 3.8) is 0 Å². The molecule has 1 heterocycles. The van der Waals surface area contributed by atoms with Crippen LogP contribution >= 0.6 is 0 Å². The number of piperidine rings is 1. The van der Waals surface area contributed by atoms with Gasteiger partial charge in [0.15, 0.2) is 0 Å². The van der Waals surface area contributed by atoms with Crippen molar-refractivity contribution in [3.8, 4) is 0 Å². The summed E-state index contributed by atoms with van der Waals surface area (Å²) >= 11 is 0. The highest BCUT2D eigenvalue weighted by Gasteiger charge is 2.28. The predicted octanol–water partition coefficient (Wildman–Crippen LogP) is 0.325. The minimum absolute atomic E-state index is 0.0712. The highest BCUT2D eigenvalue weighted by molar-refractivity contribution is 5.87. The second-order valence-electron chi connectivity index (χ2n) is 5.13. The molecular weight excluding hydrogens is 272 g/mol. The molecular formula is C15H18N2O4. The maximum Gasteiger partial charge on any atom is 0.326 e. The van der Waals surface area contributed by atoms with Gasteiger partial charge in [0.2, 0.25) is 11.8 Å². The smallest absolute Gasteiger partial charge is 0.326 e. The maximum atomic E-state index is 12.1. The van der Waals surface area contributed by atoms with Crippen LogP contribution in [-0.4, -0.2) is 35.5 Å². The SMILES string of the molecule is O=C1CCC(C(=O)N[C@H](Cc2ccccc2)C(=O)O)CN1. The lowest BCUT2D eigenvalue weighted by Crippen LogP contribution is -2.49. The Balaban J connectivity index is 1.95. The van der Waals surface area contributed by atoms with E-state index in [2.05, 4.69) is 10.6 Å². The molecule has 1 fully saturated rings. The number of amides is 2. The Labute approximate surface area is 122 Å². The Morgan fingerprint density at radius 2 is 2.05 bits per heavy atom. The third-order valence-corrected chi connectivity index (χ3v) is 3.53. The van der Waals surface area contributed by atoms with Crippen LogP contribution in [0.5, 0.6) is 0 Å². The van der Waals surface area contributed by atoms with Crippen molar-refractivity contribution >= 4 is 17.8 Å². The topological polar surface area (TPSA) is 95.5 Å². The quantitative estimate of drug-likeness (QED) is 0.728. The minimum atomic E-state index is -1.06. The molecule has 21 heavy (non-hydrogen) atoms. The molecule has 6 heteroatoms. The number of carbonyl (C=O) groups excluding carboxylic acids is 2. The van der Waals surface area contributed by atoms with Crippen LogP contribution in [0.1, 0.15) is 18.4 Å². The molecule has 6 nitrogen and oxygen atoms in total. The number of aliphatic carboxylic acids is 1. The minimum Gasteiger partial charge on any atom is -0.480 e. The molecule has 0 radical (unpaired) electrons.